The van der Waals surface area contributed by atoms with Gasteiger partial charge in [-0.15, -0.1) is 0 Å². The van der Waals surface area contributed by atoms with Crippen LogP contribution < -0.4 is 10.5 Å². The van der Waals surface area contributed by atoms with Gasteiger partial charge in [0.2, 0.25) is 5.91 Å². The largest absolute Gasteiger partial charge is 0.489 e. The van der Waals surface area contributed by atoms with Gasteiger partial charge in [0, 0.05) is 13.0 Å². The summed E-state index contributed by atoms with van der Waals surface area (Å²) in [5.41, 5.74) is 6.43. The van der Waals surface area contributed by atoms with Crippen LogP contribution in [0.5, 0.6) is 5.75 Å². The molecule has 0 spiro atoms. The van der Waals surface area contributed by atoms with Crippen LogP contribution in [0.2, 0.25) is 0 Å². The predicted octanol–water partition coefficient (Wildman–Crippen LogP) is 2.27. The first kappa shape index (κ1) is 17.6. The van der Waals surface area contributed by atoms with Gasteiger partial charge >= 0.3 is 0 Å². The van der Waals surface area contributed by atoms with E-state index in [0.29, 0.717) is 17.7 Å². The third-order valence-electron chi connectivity index (χ3n) is 4.07. The molecule has 1 aliphatic heterocycles. The van der Waals surface area contributed by atoms with Crippen molar-refractivity contribution < 1.29 is 23.5 Å². The minimum Gasteiger partial charge on any atom is -0.489 e. The maximum absolute atomic E-state index is 12.9. The van der Waals surface area contributed by atoms with Gasteiger partial charge in [0.1, 0.15) is 18.2 Å². The number of carbonyl (C=O) groups excluding carboxylic acids is 3. The summed E-state index contributed by atoms with van der Waals surface area (Å²) in [5, 5.41) is 0. The molecule has 2 N–H and O–H groups in total. The molecule has 0 bridgehead atoms. The van der Waals surface area contributed by atoms with E-state index in [0.717, 1.165) is 10.5 Å². The minimum atomic E-state index is -0.474. The summed E-state index contributed by atoms with van der Waals surface area (Å²) in [6.07, 6.45) is 0.439. The van der Waals surface area contributed by atoms with E-state index < -0.39 is 11.8 Å². The van der Waals surface area contributed by atoms with Crippen molar-refractivity contribution in [2.75, 3.05) is 6.54 Å². The third kappa shape index (κ3) is 3.72. The van der Waals surface area contributed by atoms with Gasteiger partial charge in [0.25, 0.3) is 11.8 Å². The number of hydrogen-bond donors (Lipinski definition) is 1. The second-order valence-electron chi connectivity index (χ2n) is 5.95. The average Bonchev–Trinajstić information content (AvgIpc) is 2.85. The lowest BCUT2D eigenvalue weighted by molar-refractivity contribution is -0.118. The fraction of sp³-hybridized carbons (Fsp3) is 0.211. The van der Waals surface area contributed by atoms with Gasteiger partial charge in [-0.3, -0.25) is 19.3 Å². The summed E-state index contributed by atoms with van der Waals surface area (Å²) >= 11 is 0. The number of imide groups is 1. The third-order valence-corrected chi connectivity index (χ3v) is 4.07. The molecule has 0 fully saturated rings. The van der Waals surface area contributed by atoms with Crippen LogP contribution in [0.1, 0.15) is 39.1 Å². The Morgan fingerprint density at radius 1 is 1.04 bits per heavy atom. The van der Waals surface area contributed by atoms with Crippen molar-refractivity contribution in [2.24, 2.45) is 5.73 Å². The number of amides is 3. The highest BCUT2D eigenvalue weighted by molar-refractivity contribution is 6.21. The standard InChI is InChI=1S/C19H17FN2O4/c20-13-5-3-12(4-6-13)11-26-14-7-8-15-16(10-14)19(25)22(18(15)24)9-1-2-17(21)23/h3-8,10H,1-2,9,11H2,(H2,21,23). The molecule has 0 saturated carbocycles. The van der Waals surface area contributed by atoms with Crippen LogP contribution in [0.4, 0.5) is 4.39 Å². The number of primary amides is 1. The van der Waals surface area contributed by atoms with Gasteiger partial charge in [0.05, 0.1) is 11.1 Å². The Morgan fingerprint density at radius 3 is 2.42 bits per heavy atom. The van der Waals surface area contributed by atoms with Crippen LogP contribution >= 0.6 is 0 Å². The number of carbonyl (C=O) groups is 3. The lowest BCUT2D eigenvalue weighted by Crippen LogP contribution is -2.31. The first-order chi connectivity index (χ1) is 12.5. The molecule has 26 heavy (non-hydrogen) atoms. The van der Waals surface area contributed by atoms with E-state index in [1.165, 1.54) is 18.2 Å². The summed E-state index contributed by atoms with van der Waals surface area (Å²) in [5.74, 6) is -1.17. The summed E-state index contributed by atoms with van der Waals surface area (Å²) in [7, 11) is 0. The predicted molar refractivity (Wildman–Crippen MR) is 91.0 cm³/mol. The monoisotopic (exact) mass is 356 g/mol. The number of nitrogens with zero attached hydrogens (tertiary/aromatic N) is 1. The van der Waals surface area contributed by atoms with E-state index in [2.05, 4.69) is 0 Å². The lowest BCUT2D eigenvalue weighted by Gasteiger charge is -2.12. The highest BCUT2D eigenvalue weighted by Crippen LogP contribution is 2.27. The molecule has 2 aromatic carbocycles. The highest BCUT2D eigenvalue weighted by Gasteiger charge is 2.35. The van der Waals surface area contributed by atoms with Gasteiger partial charge in [-0.1, -0.05) is 12.1 Å². The number of halogens is 1. The van der Waals surface area contributed by atoms with Crippen LogP contribution in [0.15, 0.2) is 42.5 Å². The maximum atomic E-state index is 12.9. The Morgan fingerprint density at radius 2 is 1.73 bits per heavy atom. The van der Waals surface area contributed by atoms with E-state index in [9.17, 15) is 18.8 Å². The van der Waals surface area contributed by atoms with Crippen LogP contribution in [-0.2, 0) is 11.4 Å². The van der Waals surface area contributed by atoms with Crippen molar-refractivity contribution in [1.29, 1.82) is 0 Å². The summed E-state index contributed by atoms with van der Waals surface area (Å²) in [4.78, 5) is 36.7. The van der Waals surface area contributed by atoms with Crippen molar-refractivity contribution in [3.8, 4) is 5.75 Å². The maximum Gasteiger partial charge on any atom is 0.261 e. The second-order valence-corrected chi connectivity index (χ2v) is 5.95. The highest BCUT2D eigenvalue weighted by atomic mass is 19.1. The zero-order valence-corrected chi connectivity index (χ0v) is 13.9. The molecule has 0 aromatic heterocycles. The number of rotatable bonds is 7. The van der Waals surface area contributed by atoms with E-state index in [4.69, 9.17) is 10.5 Å². The van der Waals surface area contributed by atoms with Crippen LogP contribution in [0.3, 0.4) is 0 Å². The summed E-state index contributed by atoms with van der Waals surface area (Å²) in [6, 6.07) is 10.6. The molecule has 0 aliphatic carbocycles. The molecule has 6 nitrogen and oxygen atoms in total. The topological polar surface area (TPSA) is 89.7 Å². The molecular formula is C19H17FN2O4. The number of benzene rings is 2. The Hall–Kier alpha value is -3.22. The molecule has 3 amide bonds. The second kappa shape index (κ2) is 7.35. The van der Waals surface area contributed by atoms with Gasteiger partial charge in [-0.05, 0) is 42.3 Å². The molecule has 0 atom stereocenters. The molecule has 134 valence electrons. The molecule has 1 heterocycles. The normalized spacial score (nSPS) is 13.0. The van der Waals surface area contributed by atoms with Crippen molar-refractivity contribution in [1.82, 2.24) is 4.90 Å². The van der Waals surface area contributed by atoms with E-state index in [-0.39, 0.29) is 36.9 Å². The first-order valence-electron chi connectivity index (χ1n) is 8.11. The summed E-state index contributed by atoms with van der Waals surface area (Å²) in [6.45, 7) is 0.352. The SMILES string of the molecule is NC(=O)CCCN1C(=O)c2ccc(OCc3ccc(F)cc3)cc2C1=O. The Kier molecular flexibility index (Phi) is 4.97. The quantitative estimate of drug-likeness (QED) is 0.771. The van der Waals surface area contributed by atoms with E-state index in [1.54, 1.807) is 24.3 Å². The van der Waals surface area contributed by atoms with Crippen molar-refractivity contribution in [2.45, 2.75) is 19.4 Å². The zero-order chi connectivity index (χ0) is 18.7. The van der Waals surface area contributed by atoms with E-state index >= 15 is 0 Å². The zero-order valence-electron chi connectivity index (χ0n) is 13.9. The van der Waals surface area contributed by atoms with Crippen LogP contribution in [0.25, 0.3) is 0 Å². The molecule has 7 heteroatoms. The van der Waals surface area contributed by atoms with Gasteiger partial charge in [0.15, 0.2) is 0 Å². The van der Waals surface area contributed by atoms with Crippen molar-refractivity contribution >= 4 is 17.7 Å². The number of fused-ring (bicyclic) bond motifs is 1. The van der Waals surface area contributed by atoms with Gasteiger partial charge < -0.3 is 10.5 Å². The van der Waals surface area contributed by atoms with E-state index in [1.807, 2.05) is 0 Å². The lowest BCUT2D eigenvalue weighted by atomic mass is 10.1. The average molecular weight is 356 g/mol. The van der Waals surface area contributed by atoms with Gasteiger partial charge in [-0.25, -0.2) is 4.39 Å². The Balaban J connectivity index is 1.68. The number of hydrogen-bond acceptors (Lipinski definition) is 4. The number of ether oxygens (including phenoxy) is 1. The fourth-order valence-corrected chi connectivity index (χ4v) is 2.72. The molecule has 1 aliphatic rings. The smallest absolute Gasteiger partial charge is 0.261 e. The van der Waals surface area contributed by atoms with Gasteiger partial charge in [-0.2, -0.15) is 0 Å². The molecular weight excluding hydrogens is 339 g/mol. The Labute approximate surface area is 149 Å². The van der Waals surface area contributed by atoms with Crippen molar-refractivity contribution in [3.05, 3.63) is 65.0 Å². The Bertz CT molecular complexity index is 864. The number of nitrogens with two attached hydrogens (primary N) is 1. The molecule has 0 unspecified atom stereocenters. The summed E-state index contributed by atoms with van der Waals surface area (Å²) < 4.78 is 18.5. The fourth-order valence-electron chi connectivity index (χ4n) is 2.72. The molecule has 0 radical (unpaired) electrons. The van der Waals surface area contributed by atoms with Crippen molar-refractivity contribution in [3.63, 3.8) is 0 Å². The van der Waals surface area contributed by atoms with Crippen LogP contribution in [0, 0.1) is 5.82 Å². The molecule has 3 rings (SSSR count). The molecule has 0 saturated heterocycles. The molecule has 2 aromatic rings. The first-order valence-corrected chi connectivity index (χ1v) is 8.11. The minimum absolute atomic E-state index is 0.111. The van der Waals surface area contributed by atoms with Crippen LogP contribution in [-0.4, -0.2) is 29.2 Å².